The quantitative estimate of drug-likeness (QED) is 0.722. The molecule has 0 aromatic carbocycles. The average molecular weight is 337 g/mol. The number of nitrogens with one attached hydrogen (secondary N) is 1. The molecule has 1 N–H and O–H groups in total. The summed E-state index contributed by atoms with van der Waals surface area (Å²) in [5, 5.41) is 2.92. The van der Waals surface area contributed by atoms with Gasteiger partial charge in [0.15, 0.2) is 0 Å². The van der Waals surface area contributed by atoms with Crippen LogP contribution in [0.3, 0.4) is 0 Å². The van der Waals surface area contributed by atoms with Crippen LogP contribution in [0.5, 0.6) is 0 Å². The average Bonchev–Trinajstić information content (AvgIpc) is 2.48. The van der Waals surface area contributed by atoms with Crippen molar-refractivity contribution in [3.8, 4) is 0 Å². The maximum atomic E-state index is 12.2. The zero-order valence-electron chi connectivity index (χ0n) is 14.5. The first-order valence-electron chi connectivity index (χ1n) is 8.49. The number of urea groups is 1. The minimum Gasteiger partial charge on any atom is -0.338 e. The molecular weight excluding hydrogens is 307 g/mol. The minimum absolute atomic E-state index is 0.0569. The van der Waals surface area contributed by atoms with Crippen LogP contribution in [-0.2, 0) is 0 Å². The second kappa shape index (κ2) is 9.35. The van der Waals surface area contributed by atoms with Gasteiger partial charge in [0.05, 0.1) is 6.42 Å². The highest BCUT2D eigenvalue weighted by molar-refractivity contribution is 5.74. The number of likely N-dealkylation sites (tertiary alicyclic amines) is 1. The Labute approximate surface area is 137 Å². The SMILES string of the molecule is CC(C)CCCNC(=O)N(C)C1CCN(CCC(F)(F)F)CC1. The molecule has 7 heteroatoms. The molecule has 1 aliphatic heterocycles. The molecule has 0 aromatic heterocycles. The Bertz CT molecular complexity index is 353. The number of hydrogen-bond acceptors (Lipinski definition) is 2. The number of halogens is 3. The topological polar surface area (TPSA) is 35.6 Å². The fraction of sp³-hybridized carbons (Fsp3) is 0.938. The summed E-state index contributed by atoms with van der Waals surface area (Å²) in [5.41, 5.74) is 0. The van der Waals surface area contributed by atoms with Crippen LogP contribution in [0.2, 0.25) is 0 Å². The normalized spacial score (nSPS) is 17.5. The van der Waals surface area contributed by atoms with Gasteiger partial charge in [-0.2, -0.15) is 13.2 Å². The zero-order valence-corrected chi connectivity index (χ0v) is 14.5. The Kier molecular flexibility index (Phi) is 8.16. The lowest BCUT2D eigenvalue weighted by Gasteiger charge is -2.36. The second-order valence-electron chi connectivity index (χ2n) is 6.82. The Morgan fingerprint density at radius 2 is 1.91 bits per heavy atom. The fourth-order valence-corrected chi connectivity index (χ4v) is 2.81. The van der Waals surface area contributed by atoms with Crippen molar-refractivity contribution in [1.82, 2.24) is 15.1 Å². The molecule has 0 atom stereocenters. The second-order valence-corrected chi connectivity index (χ2v) is 6.82. The van der Waals surface area contributed by atoms with Crippen molar-refractivity contribution in [2.45, 2.75) is 58.2 Å². The molecule has 0 radical (unpaired) electrons. The molecule has 23 heavy (non-hydrogen) atoms. The van der Waals surface area contributed by atoms with E-state index in [2.05, 4.69) is 19.2 Å². The first kappa shape index (κ1) is 20.1. The van der Waals surface area contributed by atoms with E-state index in [9.17, 15) is 18.0 Å². The van der Waals surface area contributed by atoms with Crippen LogP contribution >= 0.6 is 0 Å². The van der Waals surface area contributed by atoms with Crippen molar-refractivity contribution in [3.63, 3.8) is 0 Å². The van der Waals surface area contributed by atoms with Gasteiger partial charge in [0.1, 0.15) is 0 Å². The molecule has 0 bridgehead atoms. The van der Waals surface area contributed by atoms with E-state index in [1.807, 2.05) is 4.90 Å². The lowest BCUT2D eigenvalue weighted by atomic mass is 10.0. The number of rotatable bonds is 7. The summed E-state index contributed by atoms with van der Waals surface area (Å²) in [7, 11) is 1.77. The molecular formula is C16H30F3N3O. The summed E-state index contributed by atoms with van der Waals surface area (Å²) in [6, 6.07) is 0.0322. The third-order valence-electron chi connectivity index (χ3n) is 4.37. The molecule has 136 valence electrons. The summed E-state index contributed by atoms with van der Waals surface area (Å²) in [6.45, 7) is 6.27. The van der Waals surface area contributed by atoms with E-state index in [0.29, 0.717) is 25.6 Å². The van der Waals surface area contributed by atoms with Gasteiger partial charge in [0.25, 0.3) is 0 Å². The van der Waals surface area contributed by atoms with Gasteiger partial charge >= 0.3 is 12.2 Å². The monoisotopic (exact) mass is 337 g/mol. The summed E-state index contributed by atoms with van der Waals surface area (Å²) < 4.78 is 36.7. The van der Waals surface area contributed by atoms with Crippen molar-refractivity contribution < 1.29 is 18.0 Å². The molecule has 1 aliphatic rings. The highest BCUT2D eigenvalue weighted by Gasteiger charge is 2.30. The number of piperidine rings is 1. The summed E-state index contributed by atoms with van der Waals surface area (Å²) in [6.07, 6.45) is -1.34. The number of carbonyl (C=O) groups excluding carboxylic acids is 1. The van der Waals surface area contributed by atoms with Crippen LogP contribution in [0.15, 0.2) is 0 Å². The number of nitrogens with zero attached hydrogens (tertiary/aromatic N) is 2. The van der Waals surface area contributed by atoms with Crippen molar-refractivity contribution in [2.24, 2.45) is 5.92 Å². The lowest BCUT2D eigenvalue weighted by Crippen LogP contribution is -2.49. The Morgan fingerprint density at radius 3 is 2.43 bits per heavy atom. The molecule has 1 fully saturated rings. The Hall–Kier alpha value is -0.980. The predicted molar refractivity (Wildman–Crippen MR) is 85.4 cm³/mol. The van der Waals surface area contributed by atoms with Gasteiger partial charge in [-0.05, 0) is 31.6 Å². The Balaban J connectivity index is 2.23. The number of amides is 2. The maximum Gasteiger partial charge on any atom is 0.390 e. The molecule has 0 saturated carbocycles. The third-order valence-corrected chi connectivity index (χ3v) is 4.37. The molecule has 0 aliphatic carbocycles. The van der Waals surface area contributed by atoms with E-state index in [-0.39, 0.29) is 18.6 Å². The molecule has 0 aromatic rings. The van der Waals surface area contributed by atoms with Crippen LogP contribution in [0.4, 0.5) is 18.0 Å². The molecule has 0 spiro atoms. The number of alkyl halides is 3. The molecule has 0 unspecified atom stereocenters. The van der Waals surface area contributed by atoms with Gasteiger partial charge in [0, 0.05) is 39.3 Å². The lowest BCUT2D eigenvalue weighted by molar-refractivity contribution is -0.138. The van der Waals surface area contributed by atoms with Gasteiger partial charge in [-0.15, -0.1) is 0 Å². The maximum absolute atomic E-state index is 12.2. The van der Waals surface area contributed by atoms with E-state index in [1.165, 1.54) is 0 Å². The molecule has 1 rings (SSSR count). The highest BCUT2D eigenvalue weighted by atomic mass is 19.4. The van der Waals surface area contributed by atoms with Crippen LogP contribution < -0.4 is 5.32 Å². The van der Waals surface area contributed by atoms with Crippen molar-refractivity contribution in [1.29, 1.82) is 0 Å². The van der Waals surface area contributed by atoms with E-state index < -0.39 is 12.6 Å². The fourth-order valence-electron chi connectivity index (χ4n) is 2.81. The van der Waals surface area contributed by atoms with E-state index in [4.69, 9.17) is 0 Å². The largest absolute Gasteiger partial charge is 0.390 e. The van der Waals surface area contributed by atoms with Crippen LogP contribution in [0.1, 0.15) is 46.0 Å². The molecule has 1 saturated heterocycles. The van der Waals surface area contributed by atoms with Crippen LogP contribution in [-0.4, -0.2) is 61.3 Å². The number of hydrogen-bond donors (Lipinski definition) is 1. The summed E-state index contributed by atoms with van der Waals surface area (Å²) in [4.78, 5) is 15.6. The predicted octanol–water partition coefficient (Wildman–Crippen LogP) is 3.48. The number of carbonyl (C=O) groups is 1. The van der Waals surface area contributed by atoms with Crippen molar-refractivity contribution in [3.05, 3.63) is 0 Å². The van der Waals surface area contributed by atoms with Gasteiger partial charge in [-0.1, -0.05) is 13.8 Å². The zero-order chi connectivity index (χ0) is 17.5. The first-order chi connectivity index (χ1) is 10.7. The molecule has 2 amide bonds. The van der Waals surface area contributed by atoms with Crippen LogP contribution in [0.25, 0.3) is 0 Å². The smallest absolute Gasteiger partial charge is 0.338 e. The van der Waals surface area contributed by atoms with E-state index in [0.717, 1.165) is 25.7 Å². The van der Waals surface area contributed by atoms with Crippen LogP contribution in [0, 0.1) is 5.92 Å². The molecule has 1 heterocycles. The summed E-state index contributed by atoms with van der Waals surface area (Å²) >= 11 is 0. The standard InChI is InChI=1S/C16H30F3N3O/c1-13(2)5-4-9-20-15(23)21(3)14-6-10-22(11-7-14)12-8-16(17,18)19/h13-14H,4-12H2,1-3H3,(H,20,23). The van der Waals surface area contributed by atoms with Gasteiger partial charge in [0.2, 0.25) is 0 Å². The van der Waals surface area contributed by atoms with Gasteiger partial charge in [-0.3, -0.25) is 0 Å². The van der Waals surface area contributed by atoms with Crippen molar-refractivity contribution in [2.75, 3.05) is 33.2 Å². The Morgan fingerprint density at radius 1 is 1.30 bits per heavy atom. The van der Waals surface area contributed by atoms with E-state index in [1.54, 1.807) is 11.9 Å². The molecule has 4 nitrogen and oxygen atoms in total. The van der Waals surface area contributed by atoms with Crippen molar-refractivity contribution >= 4 is 6.03 Å². The van der Waals surface area contributed by atoms with E-state index >= 15 is 0 Å². The first-order valence-corrected chi connectivity index (χ1v) is 8.49. The van der Waals surface area contributed by atoms with Gasteiger partial charge < -0.3 is 15.1 Å². The summed E-state index contributed by atoms with van der Waals surface area (Å²) in [5.74, 6) is 0.630. The van der Waals surface area contributed by atoms with Gasteiger partial charge in [-0.25, -0.2) is 4.79 Å². The highest BCUT2D eigenvalue weighted by Crippen LogP contribution is 2.22. The minimum atomic E-state index is -4.09. The third kappa shape index (κ3) is 8.44.